The van der Waals surface area contributed by atoms with Gasteiger partial charge in [-0.3, -0.25) is 9.59 Å². The SMILES string of the molecule is CC1CN(C(=O)CC(NC(=O)c2ccccc2)c2ccccc2)CCN1. The summed E-state index contributed by atoms with van der Waals surface area (Å²) in [7, 11) is 0. The Morgan fingerprint density at radius 1 is 1.12 bits per heavy atom. The minimum absolute atomic E-state index is 0.0700. The molecule has 3 rings (SSSR count). The zero-order chi connectivity index (χ0) is 18.4. The van der Waals surface area contributed by atoms with Crippen LogP contribution in [-0.2, 0) is 4.79 Å². The summed E-state index contributed by atoms with van der Waals surface area (Å²) < 4.78 is 0. The number of amides is 2. The molecule has 2 N–H and O–H groups in total. The molecule has 26 heavy (non-hydrogen) atoms. The Morgan fingerprint density at radius 2 is 1.77 bits per heavy atom. The molecule has 0 spiro atoms. The van der Waals surface area contributed by atoms with Crippen LogP contribution in [0.1, 0.15) is 35.3 Å². The van der Waals surface area contributed by atoms with E-state index in [4.69, 9.17) is 0 Å². The first-order valence-corrected chi connectivity index (χ1v) is 9.05. The third-order valence-corrected chi connectivity index (χ3v) is 4.64. The van der Waals surface area contributed by atoms with E-state index in [1.54, 1.807) is 12.1 Å². The average Bonchev–Trinajstić information content (AvgIpc) is 2.68. The molecule has 2 atom stereocenters. The van der Waals surface area contributed by atoms with Crippen molar-refractivity contribution in [2.24, 2.45) is 0 Å². The van der Waals surface area contributed by atoms with E-state index in [0.717, 1.165) is 12.1 Å². The maximum Gasteiger partial charge on any atom is 0.251 e. The highest BCUT2D eigenvalue weighted by atomic mass is 16.2. The van der Waals surface area contributed by atoms with Crippen LogP contribution in [0.15, 0.2) is 60.7 Å². The molecule has 0 bridgehead atoms. The van der Waals surface area contributed by atoms with Crippen molar-refractivity contribution in [1.29, 1.82) is 0 Å². The summed E-state index contributed by atoms with van der Waals surface area (Å²) in [5.74, 6) is -0.0958. The fourth-order valence-corrected chi connectivity index (χ4v) is 3.23. The van der Waals surface area contributed by atoms with E-state index in [1.165, 1.54) is 0 Å². The van der Waals surface area contributed by atoms with Crippen LogP contribution in [0.25, 0.3) is 0 Å². The van der Waals surface area contributed by atoms with Crippen LogP contribution in [-0.4, -0.2) is 42.4 Å². The zero-order valence-electron chi connectivity index (χ0n) is 15.0. The van der Waals surface area contributed by atoms with Crippen LogP contribution >= 0.6 is 0 Å². The number of hydrogen-bond acceptors (Lipinski definition) is 3. The van der Waals surface area contributed by atoms with Crippen molar-refractivity contribution in [3.63, 3.8) is 0 Å². The van der Waals surface area contributed by atoms with Crippen LogP contribution in [0.2, 0.25) is 0 Å². The van der Waals surface area contributed by atoms with Crippen molar-refractivity contribution in [3.05, 3.63) is 71.8 Å². The highest BCUT2D eigenvalue weighted by Crippen LogP contribution is 2.19. The van der Waals surface area contributed by atoms with Gasteiger partial charge in [0.2, 0.25) is 5.91 Å². The molecule has 1 heterocycles. The largest absolute Gasteiger partial charge is 0.345 e. The molecule has 0 saturated carbocycles. The molecule has 1 fully saturated rings. The monoisotopic (exact) mass is 351 g/mol. The minimum atomic E-state index is -0.346. The molecule has 5 nitrogen and oxygen atoms in total. The first-order chi connectivity index (χ1) is 12.6. The smallest absolute Gasteiger partial charge is 0.251 e. The summed E-state index contributed by atoms with van der Waals surface area (Å²) in [6.07, 6.45) is 0.259. The van der Waals surface area contributed by atoms with Crippen molar-refractivity contribution in [2.75, 3.05) is 19.6 Å². The summed E-state index contributed by atoms with van der Waals surface area (Å²) in [6, 6.07) is 18.7. The molecule has 1 aliphatic heterocycles. The van der Waals surface area contributed by atoms with E-state index in [1.807, 2.05) is 53.4 Å². The van der Waals surface area contributed by atoms with Crippen molar-refractivity contribution in [2.45, 2.75) is 25.4 Å². The third kappa shape index (κ3) is 4.70. The van der Waals surface area contributed by atoms with Gasteiger partial charge < -0.3 is 15.5 Å². The number of hydrogen-bond donors (Lipinski definition) is 2. The number of rotatable bonds is 5. The molecule has 1 aliphatic rings. The Bertz CT molecular complexity index is 733. The molecule has 2 unspecified atom stereocenters. The van der Waals surface area contributed by atoms with Crippen LogP contribution in [0, 0.1) is 0 Å². The summed E-state index contributed by atoms with van der Waals surface area (Å²) >= 11 is 0. The molecule has 136 valence electrons. The van der Waals surface area contributed by atoms with Gasteiger partial charge in [0.15, 0.2) is 0 Å². The second-order valence-electron chi connectivity index (χ2n) is 6.70. The normalized spacial score (nSPS) is 18.2. The van der Waals surface area contributed by atoms with Gasteiger partial charge in [-0.1, -0.05) is 48.5 Å². The van der Waals surface area contributed by atoms with Gasteiger partial charge in [-0.25, -0.2) is 0 Å². The van der Waals surface area contributed by atoms with Crippen LogP contribution < -0.4 is 10.6 Å². The fourth-order valence-electron chi connectivity index (χ4n) is 3.23. The molecule has 2 aromatic carbocycles. The van der Waals surface area contributed by atoms with E-state index in [-0.39, 0.29) is 24.3 Å². The number of benzene rings is 2. The Hall–Kier alpha value is -2.66. The first-order valence-electron chi connectivity index (χ1n) is 9.05. The van der Waals surface area contributed by atoms with Crippen LogP contribution in [0.3, 0.4) is 0 Å². The maximum absolute atomic E-state index is 12.8. The molecular formula is C21H25N3O2. The lowest BCUT2D eigenvalue weighted by Gasteiger charge is -2.33. The molecule has 1 saturated heterocycles. The van der Waals surface area contributed by atoms with E-state index >= 15 is 0 Å². The topological polar surface area (TPSA) is 61.4 Å². The molecule has 0 aliphatic carbocycles. The number of piperazine rings is 1. The number of nitrogens with zero attached hydrogens (tertiary/aromatic N) is 1. The quantitative estimate of drug-likeness (QED) is 0.869. The lowest BCUT2D eigenvalue weighted by Crippen LogP contribution is -2.51. The summed E-state index contributed by atoms with van der Waals surface area (Å²) in [4.78, 5) is 27.3. The van der Waals surface area contributed by atoms with Gasteiger partial charge in [-0.15, -0.1) is 0 Å². The number of carbonyl (C=O) groups is 2. The molecule has 0 aromatic heterocycles. The van der Waals surface area contributed by atoms with E-state index < -0.39 is 0 Å². The van der Waals surface area contributed by atoms with Crippen molar-refractivity contribution in [3.8, 4) is 0 Å². The summed E-state index contributed by atoms with van der Waals surface area (Å²) in [5.41, 5.74) is 1.53. The van der Waals surface area contributed by atoms with Gasteiger partial charge in [-0.05, 0) is 24.6 Å². The highest BCUT2D eigenvalue weighted by molar-refractivity contribution is 5.94. The lowest BCUT2D eigenvalue weighted by atomic mass is 10.0. The molecule has 2 aromatic rings. The van der Waals surface area contributed by atoms with Crippen molar-refractivity contribution >= 4 is 11.8 Å². The third-order valence-electron chi connectivity index (χ3n) is 4.64. The van der Waals surface area contributed by atoms with Gasteiger partial charge in [0.05, 0.1) is 12.5 Å². The molecular weight excluding hydrogens is 326 g/mol. The maximum atomic E-state index is 12.8. The Labute approximate surface area is 154 Å². The summed E-state index contributed by atoms with van der Waals surface area (Å²) in [5, 5.41) is 6.37. The van der Waals surface area contributed by atoms with Gasteiger partial charge in [0.25, 0.3) is 5.91 Å². The van der Waals surface area contributed by atoms with Crippen LogP contribution in [0.4, 0.5) is 0 Å². The van der Waals surface area contributed by atoms with E-state index in [9.17, 15) is 9.59 Å². The zero-order valence-corrected chi connectivity index (χ0v) is 15.0. The number of nitrogens with one attached hydrogen (secondary N) is 2. The Morgan fingerprint density at radius 3 is 2.42 bits per heavy atom. The van der Waals surface area contributed by atoms with Gasteiger partial charge in [0.1, 0.15) is 0 Å². The van der Waals surface area contributed by atoms with E-state index in [0.29, 0.717) is 24.7 Å². The second kappa shape index (κ2) is 8.63. The van der Waals surface area contributed by atoms with E-state index in [2.05, 4.69) is 17.6 Å². The van der Waals surface area contributed by atoms with Gasteiger partial charge in [-0.2, -0.15) is 0 Å². The molecule has 5 heteroatoms. The van der Waals surface area contributed by atoms with Crippen LogP contribution in [0.5, 0.6) is 0 Å². The molecule has 0 radical (unpaired) electrons. The van der Waals surface area contributed by atoms with Crippen molar-refractivity contribution < 1.29 is 9.59 Å². The number of carbonyl (C=O) groups excluding carboxylic acids is 2. The highest BCUT2D eigenvalue weighted by Gasteiger charge is 2.25. The van der Waals surface area contributed by atoms with Gasteiger partial charge in [0, 0.05) is 31.2 Å². The lowest BCUT2D eigenvalue weighted by molar-refractivity contribution is -0.132. The van der Waals surface area contributed by atoms with Gasteiger partial charge >= 0.3 is 0 Å². The molecule has 2 amide bonds. The fraction of sp³-hybridized carbons (Fsp3) is 0.333. The first kappa shape index (κ1) is 18.1. The Kier molecular flexibility index (Phi) is 6.02. The minimum Gasteiger partial charge on any atom is -0.345 e. The average molecular weight is 351 g/mol. The Balaban J connectivity index is 1.73. The van der Waals surface area contributed by atoms with Crippen molar-refractivity contribution in [1.82, 2.24) is 15.5 Å². The standard InChI is InChI=1S/C21H25N3O2/c1-16-15-24(13-12-22-16)20(25)14-19(17-8-4-2-5-9-17)23-21(26)18-10-6-3-7-11-18/h2-11,16,19,22H,12-15H2,1H3,(H,23,26). The summed E-state index contributed by atoms with van der Waals surface area (Å²) in [6.45, 7) is 4.29. The second-order valence-corrected chi connectivity index (χ2v) is 6.70. The predicted octanol–water partition coefficient (Wildman–Crippen LogP) is 2.37. The predicted molar refractivity (Wildman–Crippen MR) is 102 cm³/mol.